The third-order valence-corrected chi connectivity index (χ3v) is 5.98. The van der Waals surface area contributed by atoms with Crippen molar-refractivity contribution in [2.45, 2.75) is 32.7 Å². The number of hydrogen-bond donors (Lipinski definition) is 3. The van der Waals surface area contributed by atoms with E-state index in [9.17, 15) is 19.5 Å². The molecule has 9 heteroatoms. The monoisotopic (exact) mass is 470 g/mol. The molecule has 2 aromatic carbocycles. The van der Waals surface area contributed by atoms with Crippen LogP contribution in [0.3, 0.4) is 0 Å². The van der Waals surface area contributed by atoms with Gasteiger partial charge in [-0.1, -0.05) is 43.1 Å². The minimum atomic E-state index is -1.95. The molecule has 174 valence electrons. The van der Waals surface area contributed by atoms with Crippen LogP contribution < -0.4 is 11.3 Å². The molecule has 0 aliphatic rings. The summed E-state index contributed by atoms with van der Waals surface area (Å²) in [6.45, 7) is 5.56. The van der Waals surface area contributed by atoms with Crippen LogP contribution in [-0.4, -0.2) is 44.9 Å². The van der Waals surface area contributed by atoms with Gasteiger partial charge in [-0.3, -0.25) is 9.59 Å². The van der Waals surface area contributed by atoms with Crippen molar-refractivity contribution in [3.05, 3.63) is 74.8 Å². The van der Waals surface area contributed by atoms with Crippen LogP contribution in [0.5, 0.6) is 0 Å². The van der Waals surface area contributed by atoms with Crippen LogP contribution in [0, 0.1) is 12.8 Å². The number of H-pyrrole nitrogens is 1. The van der Waals surface area contributed by atoms with Crippen LogP contribution >= 0.6 is 11.6 Å². The highest BCUT2D eigenvalue weighted by Gasteiger charge is 2.53. The van der Waals surface area contributed by atoms with Gasteiger partial charge in [0.1, 0.15) is 5.82 Å². The molecule has 0 aliphatic carbocycles. The van der Waals surface area contributed by atoms with Gasteiger partial charge in [-0.2, -0.15) is 0 Å². The fourth-order valence-corrected chi connectivity index (χ4v) is 4.18. The van der Waals surface area contributed by atoms with Crippen LogP contribution in [0.4, 0.5) is 0 Å². The second kappa shape index (κ2) is 9.72. The Morgan fingerprint density at radius 3 is 2.45 bits per heavy atom. The zero-order valence-electron chi connectivity index (χ0n) is 18.8. The first kappa shape index (κ1) is 24.4. The van der Waals surface area contributed by atoms with E-state index < -0.39 is 28.9 Å². The van der Waals surface area contributed by atoms with E-state index in [4.69, 9.17) is 17.3 Å². The molecule has 0 spiro atoms. The number of aliphatic carboxylic acids is 1. The predicted molar refractivity (Wildman–Crippen MR) is 127 cm³/mol. The molecule has 8 nitrogen and oxygen atoms in total. The smallest absolute Gasteiger partial charge is 0.337 e. The number of aryl methyl sites for hydroxylation is 1. The summed E-state index contributed by atoms with van der Waals surface area (Å²) in [5.74, 6) is -2.59. The lowest BCUT2D eigenvalue weighted by atomic mass is 9.82. The number of halogens is 1. The molecule has 1 aromatic heterocycles. The number of benzene rings is 2. The molecular formula is C24H27ClN4O4. The van der Waals surface area contributed by atoms with E-state index in [2.05, 4.69) is 9.97 Å². The van der Waals surface area contributed by atoms with Crippen molar-refractivity contribution in [2.24, 2.45) is 11.7 Å². The van der Waals surface area contributed by atoms with Gasteiger partial charge in [0, 0.05) is 17.1 Å². The number of nitrogens with two attached hydrogens (primary N) is 1. The average molecular weight is 471 g/mol. The Morgan fingerprint density at radius 1 is 1.21 bits per heavy atom. The number of nitrogens with zero attached hydrogens (tertiary/aromatic N) is 2. The zero-order valence-corrected chi connectivity index (χ0v) is 19.5. The van der Waals surface area contributed by atoms with Gasteiger partial charge in [-0.15, -0.1) is 0 Å². The summed E-state index contributed by atoms with van der Waals surface area (Å²) in [6, 6.07) is 11.4. The number of rotatable bonds is 8. The van der Waals surface area contributed by atoms with Gasteiger partial charge in [-0.05, 0) is 56.1 Å². The molecule has 1 unspecified atom stereocenters. The number of hydrogen-bond acceptors (Lipinski definition) is 5. The summed E-state index contributed by atoms with van der Waals surface area (Å²) in [6.07, 6.45) is 0.364. The third-order valence-electron chi connectivity index (χ3n) is 5.75. The Hall–Kier alpha value is -3.23. The number of amides is 1. The minimum absolute atomic E-state index is 0.0605. The number of aromatic nitrogens is 2. The van der Waals surface area contributed by atoms with Gasteiger partial charge in [-0.25, -0.2) is 9.78 Å². The van der Waals surface area contributed by atoms with Gasteiger partial charge in [0.25, 0.3) is 11.5 Å². The maximum absolute atomic E-state index is 13.7. The molecule has 3 rings (SSSR count). The first-order valence-corrected chi connectivity index (χ1v) is 11.0. The number of fused-ring (bicyclic) bond motifs is 1. The number of carboxylic acid groups (broad SMARTS) is 1. The molecule has 3 aromatic rings. The number of aromatic amines is 1. The van der Waals surface area contributed by atoms with E-state index in [1.54, 1.807) is 44.2 Å². The van der Waals surface area contributed by atoms with E-state index in [0.717, 1.165) is 5.56 Å². The quantitative estimate of drug-likeness (QED) is 0.463. The normalized spacial score (nSPS) is 13.2. The number of carbonyl (C=O) groups is 2. The van der Waals surface area contributed by atoms with E-state index in [1.807, 2.05) is 6.92 Å². The molecule has 0 radical (unpaired) electrons. The summed E-state index contributed by atoms with van der Waals surface area (Å²) in [7, 11) is 0. The molecule has 0 fully saturated rings. The van der Waals surface area contributed by atoms with Gasteiger partial charge < -0.3 is 20.7 Å². The molecule has 1 amide bonds. The van der Waals surface area contributed by atoms with E-state index in [-0.39, 0.29) is 29.8 Å². The second-order valence-electron chi connectivity index (χ2n) is 8.27. The van der Waals surface area contributed by atoms with Crippen molar-refractivity contribution in [1.29, 1.82) is 0 Å². The topological polar surface area (TPSA) is 129 Å². The molecule has 1 heterocycles. The van der Waals surface area contributed by atoms with Crippen LogP contribution in [0.2, 0.25) is 5.02 Å². The highest BCUT2D eigenvalue weighted by Crippen LogP contribution is 2.36. The Bertz CT molecular complexity index is 1240. The van der Waals surface area contributed by atoms with Crippen LogP contribution in [-0.2, 0) is 10.3 Å². The lowest BCUT2D eigenvalue weighted by molar-refractivity contribution is -0.155. The SMILES string of the molecule is Cc1ccc(C(=O)N(CCCN)C(C(=O)O)(c2nc3cc(Cl)ccc3c(=O)[nH]2)C(C)C)cc1. The molecule has 4 N–H and O–H groups in total. The Kier molecular flexibility index (Phi) is 7.19. The van der Waals surface area contributed by atoms with Gasteiger partial charge >= 0.3 is 5.97 Å². The second-order valence-corrected chi connectivity index (χ2v) is 8.70. The summed E-state index contributed by atoms with van der Waals surface area (Å²) in [5, 5.41) is 11.2. The third kappa shape index (κ3) is 4.49. The molecular weight excluding hydrogens is 444 g/mol. The molecule has 0 bridgehead atoms. The van der Waals surface area contributed by atoms with Crippen molar-refractivity contribution in [1.82, 2.24) is 14.9 Å². The predicted octanol–water partition coefficient (Wildman–Crippen LogP) is 3.31. The summed E-state index contributed by atoms with van der Waals surface area (Å²) < 4.78 is 0. The van der Waals surface area contributed by atoms with Crippen LogP contribution in [0.15, 0.2) is 47.3 Å². The maximum Gasteiger partial charge on any atom is 0.337 e. The van der Waals surface area contributed by atoms with Crippen LogP contribution in [0.25, 0.3) is 10.9 Å². The first-order valence-electron chi connectivity index (χ1n) is 10.6. The lowest BCUT2D eigenvalue weighted by Gasteiger charge is -2.42. The summed E-state index contributed by atoms with van der Waals surface area (Å²) in [5.41, 5.74) is 4.78. The first-order chi connectivity index (χ1) is 15.6. The van der Waals surface area contributed by atoms with Crippen molar-refractivity contribution >= 4 is 34.4 Å². The molecule has 0 saturated heterocycles. The lowest BCUT2D eigenvalue weighted by Crippen LogP contribution is -2.59. The van der Waals surface area contributed by atoms with Crippen molar-refractivity contribution in [3.63, 3.8) is 0 Å². The minimum Gasteiger partial charge on any atom is -0.479 e. The fraction of sp³-hybridized carbons (Fsp3) is 0.333. The molecule has 0 aliphatic heterocycles. The number of nitrogens with one attached hydrogen (secondary N) is 1. The summed E-state index contributed by atoms with van der Waals surface area (Å²) in [4.78, 5) is 47.9. The van der Waals surface area contributed by atoms with Gasteiger partial charge in [0.05, 0.1) is 10.9 Å². The maximum atomic E-state index is 13.7. The van der Waals surface area contributed by atoms with E-state index in [0.29, 0.717) is 17.0 Å². The average Bonchev–Trinajstić information content (AvgIpc) is 2.75. The van der Waals surface area contributed by atoms with Crippen molar-refractivity contribution in [2.75, 3.05) is 13.1 Å². The highest BCUT2D eigenvalue weighted by atomic mass is 35.5. The molecule has 1 atom stereocenters. The van der Waals surface area contributed by atoms with Crippen molar-refractivity contribution < 1.29 is 14.7 Å². The Balaban J connectivity index is 2.31. The van der Waals surface area contributed by atoms with Crippen LogP contribution in [0.1, 0.15) is 42.0 Å². The number of carbonyl (C=O) groups excluding carboxylic acids is 1. The molecule has 0 saturated carbocycles. The number of carboxylic acids is 1. The van der Waals surface area contributed by atoms with E-state index >= 15 is 0 Å². The van der Waals surface area contributed by atoms with Gasteiger partial charge in [0.15, 0.2) is 0 Å². The summed E-state index contributed by atoms with van der Waals surface area (Å²) >= 11 is 6.09. The highest BCUT2D eigenvalue weighted by molar-refractivity contribution is 6.31. The van der Waals surface area contributed by atoms with E-state index in [1.165, 1.54) is 17.0 Å². The van der Waals surface area contributed by atoms with Crippen molar-refractivity contribution in [3.8, 4) is 0 Å². The standard InChI is InChI=1S/C24H27ClN4O4/c1-14(2)24(23(32)33,22-27-19-13-17(25)9-10-18(19)20(30)28-22)29(12-4-11-26)21(31)16-7-5-15(3)6-8-16/h5-10,13-14H,4,11-12,26H2,1-3H3,(H,32,33)(H,27,28,30). The zero-order chi connectivity index (χ0) is 24.3. The van der Waals surface area contributed by atoms with Gasteiger partial charge in [0.2, 0.25) is 5.54 Å². The largest absolute Gasteiger partial charge is 0.479 e. The molecule has 33 heavy (non-hydrogen) atoms. The fourth-order valence-electron chi connectivity index (χ4n) is 4.01. The Morgan fingerprint density at radius 2 is 1.88 bits per heavy atom. The Labute approximate surface area is 196 Å².